The third-order valence-electron chi connectivity index (χ3n) is 10.3. The summed E-state index contributed by atoms with van der Waals surface area (Å²) in [5, 5.41) is 0.705. The number of aromatic nitrogens is 5. The van der Waals surface area contributed by atoms with Gasteiger partial charge < -0.3 is 14.2 Å². The lowest BCUT2D eigenvalue weighted by molar-refractivity contribution is -0.140. The SMILES string of the molecule is Cc1cn(CCCN(Cc2cncnc2)C(=O)[C@H]2CN([C@H]3c4ccc(Cl)cc4CCc4cccnc43)CCN2C(=O)OC2CCCCC2)cn1. The molecule has 1 aromatic carbocycles. The smallest absolute Gasteiger partial charge is 0.410 e. The van der Waals surface area contributed by atoms with Crippen LogP contribution in [0.1, 0.15) is 78.2 Å². The van der Waals surface area contributed by atoms with Gasteiger partial charge in [0.25, 0.3) is 0 Å². The predicted molar refractivity (Wildman–Crippen MR) is 189 cm³/mol. The van der Waals surface area contributed by atoms with Crippen molar-refractivity contribution in [2.24, 2.45) is 0 Å². The Hall–Kier alpha value is -4.35. The highest BCUT2D eigenvalue weighted by atomic mass is 35.5. The number of ether oxygens (including phenoxy) is 1. The summed E-state index contributed by atoms with van der Waals surface area (Å²) >= 11 is 6.51. The largest absolute Gasteiger partial charge is 0.446 e. The van der Waals surface area contributed by atoms with Gasteiger partial charge in [0.05, 0.1) is 23.8 Å². The van der Waals surface area contributed by atoms with Gasteiger partial charge in [0.2, 0.25) is 5.91 Å². The molecule has 3 aromatic heterocycles. The van der Waals surface area contributed by atoms with Gasteiger partial charge in [-0.3, -0.25) is 19.6 Å². The highest BCUT2D eigenvalue weighted by Gasteiger charge is 2.43. The quantitative estimate of drug-likeness (QED) is 0.216. The molecule has 3 aliphatic rings. The highest BCUT2D eigenvalue weighted by molar-refractivity contribution is 6.30. The highest BCUT2D eigenvalue weighted by Crippen LogP contribution is 2.38. The molecule has 2 aliphatic carbocycles. The molecule has 4 heterocycles. The van der Waals surface area contributed by atoms with Gasteiger partial charge in [0, 0.05) is 74.6 Å². The van der Waals surface area contributed by atoms with Gasteiger partial charge >= 0.3 is 6.09 Å². The zero-order valence-corrected chi connectivity index (χ0v) is 29.4. The van der Waals surface area contributed by atoms with E-state index in [1.165, 1.54) is 17.5 Å². The summed E-state index contributed by atoms with van der Waals surface area (Å²) in [6, 6.07) is 9.29. The minimum Gasteiger partial charge on any atom is -0.446 e. The molecule has 0 radical (unpaired) electrons. The van der Waals surface area contributed by atoms with E-state index in [-0.39, 0.29) is 18.1 Å². The first kappa shape index (κ1) is 34.1. The van der Waals surface area contributed by atoms with Crippen LogP contribution in [0, 0.1) is 6.92 Å². The Balaban J connectivity index is 1.21. The number of carbonyl (C=O) groups is 2. The summed E-state index contributed by atoms with van der Waals surface area (Å²) in [5.41, 5.74) is 6.29. The summed E-state index contributed by atoms with van der Waals surface area (Å²) in [7, 11) is 0. The molecule has 7 rings (SSSR count). The molecule has 2 fully saturated rings. The number of fused-ring (bicyclic) bond motifs is 2. The van der Waals surface area contributed by atoms with Gasteiger partial charge in [-0.05, 0) is 86.8 Å². The molecule has 4 aromatic rings. The number of piperazine rings is 1. The Kier molecular flexibility index (Phi) is 10.7. The first-order valence-electron chi connectivity index (χ1n) is 17.9. The number of hydrogen-bond acceptors (Lipinski definition) is 8. The Morgan fingerprint density at radius 3 is 2.64 bits per heavy atom. The molecular formula is C38H45ClN8O3. The first-order valence-corrected chi connectivity index (χ1v) is 18.2. The van der Waals surface area contributed by atoms with Crippen molar-refractivity contribution in [2.45, 2.75) is 89.6 Å². The third kappa shape index (κ3) is 7.84. The number of nitrogens with zero attached hydrogens (tertiary/aromatic N) is 8. The van der Waals surface area contributed by atoms with Crippen molar-refractivity contribution in [3.63, 3.8) is 0 Å². The molecule has 11 nitrogen and oxygen atoms in total. The number of hydrogen-bond donors (Lipinski definition) is 0. The summed E-state index contributed by atoms with van der Waals surface area (Å²) in [5.74, 6) is -0.118. The summed E-state index contributed by atoms with van der Waals surface area (Å²) in [6.45, 7) is 4.77. The summed E-state index contributed by atoms with van der Waals surface area (Å²) < 4.78 is 8.16. The molecular weight excluding hydrogens is 652 g/mol. The van der Waals surface area contributed by atoms with E-state index >= 15 is 0 Å². The van der Waals surface area contributed by atoms with E-state index in [9.17, 15) is 9.59 Å². The van der Waals surface area contributed by atoms with E-state index < -0.39 is 12.1 Å². The van der Waals surface area contributed by atoms with Crippen LogP contribution in [0.2, 0.25) is 5.02 Å². The van der Waals surface area contributed by atoms with Crippen LogP contribution in [-0.2, 0) is 35.5 Å². The average molecular weight is 697 g/mol. The van der Waals surface area contributed by atoms with Crippen molar-refractivity contribution >= 4 is 23.6 Å². The fourth-order valence-electron chi connectivity index (χ4n) is 7.76. The standard InChI is InChI=1S/C38H45ClN8O3/c1-27-22-44(26-43-27)15-6-16-46(23-28-20-40-25-41-21-28)37(48)34-24-45(17-18-47(34)38(49)50-32-8-3-2-4-9-32)36-33-13-12-31(39)19-30(33)11-10-29-7-5-14-42-35(29)36/h5,7,12-14,19-22,25-26,32,34,36H,2-4,6,8-11,15-18,23-24H2,1H3/t34-,36+/m1/s1. The number of imidazole rings is 1. The lowest BCUT2D eigenvalue weighted by atomic mass is 9.95. The molecule has 1 saturated heterocycles. The van der Waals surface area contributed by atoms with Crippen LogP contribution >= 0.6 is 11.6 Å². The third-order valence-corrected chi connectivity index (χ3v) is 10.5. The minimum absolute atomic E-state index is 0.115. The van der Waals surface area contributed by atoms with E-state index in [1.54, 1.807) is 17.3 Å². The number of benzene rings is 1. The number of carbonyl (C=O) groups excluding carboxylic acids is 2. The molecule has 0 spiro atoms. The molecule has 2 amide bonds. The zero-order valence-electron chi connectivity index (χ0n) is 28.7. The van der Waals surface area contributed by atoms with E-state index in [2.05, 4.69) is 38.1 Å². The molecule has 12 heteroatoms. The monoisotopic (exact) mass is 696 g/mol. The Morgan fingerprint density at radius 1 is 1.02 bits per heavy atom. The van der Waals surface area contributed by atoms with E-state index in [4.69, 9.17) is 21.3 Å². The second-order valence-electron chi connectivity index (χ2n) is 13.8. The number of amides is 2. The van der Waals surface area contributed by atoms with Gasteiger partial charge in [0.15, 0.2) is 0 Å². The first-order chi connectivity index (χ1) is 24.4. The van der Waals surface area contributed by atoms with Crippen molar-refractivity contribution in [2.75, 3.05) is 26.2 Å². The van der Waals surface area contributed by atoms with Crippen molar-refractivity contribution < 1.29 is 14.3 Å². The van der Waals surface area contributed by atoms with Crippen molar-refractivity contribution in [3.8, 4) is 0 Å². The molecule has 2 atom stereocenters. The fraction of sp³-hybridized carbons (Fsp3) is 0.474. The second-order valence-corrected chi connectivity index (χ2v) is 14.2. The molecule has 50 heavy (non-hydrogen) atoms. The Labute approximate surface area is 298 Å². The van der Waals surface area contributed by atoms with Gasteiger partial charge in [-0.1, -0.05) is 30.2 Å². The average Bonchev–Trinajstić information content (AvgIpc) is 3.48. The molecule has 0 N–H and O–H groups in total. The molecule has 1 aliphatic heterocycles. The van der Waals surface area contributed by atoms with Gasteiger partial charge in [0.1, 0.15) is 18.5 Å². The van der Waals surface area contributed by atoms with Crippen LogP contribution in [0.15, 0.2) is 67.8 Å². The predicted octanol–water partition coefficient (Wildman–Crippen LogP) is 5.79. The second kappa shape index (κ2) is 15.7. The Bertz CT molecular complexity index is 1780. The van der Waals surface area contributed by atoms with Crippen LogP contribution in [0.5, 0.6) is 0 Å². The zero-order chi connectivity index (χ0) is 34.5. The van der Waals surface area contributed by atoms with Crippen LogP contribution in [-0.4, -0.2) is 89.5 Å². The fourth-order valence-corrected chi connectivity index (χ4v) is 7.96. The number of halogens is 1. The van der Waals surface area contributed by atoms with Crippen LogP contribution in [0.25, 0.3) is 0 Å². The topological polar surface area (TPSA) is 110 Å². The summed E-state index contributed by atoms with van der Waals surface area (Å²) in [4.78, 5) is 52.5. The minimum atomic E-state index is -0.758. The number of aryl methyl sites for hydroxylation is 4. The molecule has 1 saturated carbocycles. The molecule has 262 valence electrons. The van der Waals surface area contributed by atoms with E-state index in [0.717, 1.165) is 67.5 Å². The van der Waals surface area contributed by atoms with Gasteiger partial charge in [-0.2, -0.15) is 0 Å². The van der Waals surface area contributed by atoms with Crippen molar-refractivity contribution in [1.82, 2.24) is 39.2 Å². The van der Waals surface area contributed by atoms with Crippen LogP contribution < -0.4 is 0 Å². The van der Waals surface area contributed by atoms with Crippen LogP contribution in [0.3, 0.4) is 0 Å². The maximum Gasteiger partial charge on any atom is 0.410 e. The number of rotatable bonds is 9. The maximum atomic E-state index is 14.9. The lowest BCUT2D eigenvalue weighted by Crippen LogP contribution is -2.62. The lowest BCUT2D eigenvalue weighted by Gasteiger charge is -2.45. The number of pyridine rings is 1. The van der Waals surface area contributed by atoms with Crippen molar-refractivity contribution in [1.29, 1.82) is 0 Å². The van der Waals surface area contributed by atoms with Crippen LogP contribution in [0.4, 0.5) is 4.79 Å². The van der Waals surface area contributed by atoms with E-state index in [1.807, 2.05) is 47.2 Å². The van der Waals surface area contributed by atoms with Gasteiger partial charge in [-0.15, -0.1) is 0 Å². The maximum absolute atomic E-state index is 14.9. The molecule has 0 bridgehead atoms. The van der Waals surface area contributed by atoms with Gasteiger partial charge in [-0.25, -0.2) is 19.7 Å². The van der Waals surface area contributed by atoms with Crippen molar-refractivity contribution in [3.05, 3.63) is 106 Å². The molecule has 0 unspecified atom stereocenters. The Morgan fingerprint density at radius 2 is 1.84 bits per heavy atom. The normalized spacial score (nSPS) is 19.7. The summed E-state index contributed by atoms with van der Waals surface area (Å²) in [6.07, 6.45) is 17.5. The van der Waals surface area contributed by atoms with E-state index in [0.29, 0.717) is 50.7 Å².